The topological polar surface area (TPSA) is 143 Å². The van der Waals surface area contributed by atoms with Gasteiger partial charge in [0.15, 0.2) is 0 Å². The maximum absolute atomic E-state index is 13.8. The Morgan fingerprint density at radius 1 is 0.911 bits per heavy atom. The zero-order valence-corrected chi connectivity index (χ0v) is 25.8. The van der Waals surface area contributed by atoms with Crippen LogP contribution in [0.3, 0.4) is 0 Å². The van der Waals surface area contributed by atoms with Crippen LogP contribution in [0.5, 0.6) is 0 Å². The highest BCUT2D eigenvalue weighted by Crippen LogP contribution is 2.21. The van der Waals surface area contributed by atoms with Crippen LogP contribution in [0, 0.1) is 11.8 Å². The second-order valence-electron chi connectivity index (χ2n) is 11.9. The quantitative estimate of drug-likeness (QED) is 0.204. The number of aldehydes is 1. The first-order valence-electron chi connectivity index (χ1n) is 15.5. The smallest absolute Gasteiger partial charge is 0.408 e. The van der Waals surface area contributed by atoms with Gasteiger partial charge in [0.25, 0.3) is 0 Å². The van der Waals surface area contributed by atoms with Crippen molar-refractivity contribution in [3.8, 4) is 0 Å². The van der Waals surface area contributed by atoms with Crippen molar-refractivity contribution in [2.45, 2.75) is 70.7 Å². The molecule has 0 aliphatic carbocycles. The minimum atomic E-state index is -1.06. The summed E-state index contributed by atoms with van der Waals surface area (Å²) >= 11 is 0. The zero-order chi connectivity index (χ0) is 32.2. The summed E-state index contributed by atoms with van der Waals surface area (Å²) in [6.45, 7) is 4.47. The Hall–Kier alpha value is -4.73. The highest BCUT2D eigenvalue weighted by atomic mass is 16.5. The van der Waals surface area contributed by atoms with E-state index in [0.29, 0.717) is 25.7 Å². The summed E-state index contributed by atoms with van der Waals surface area (Å²) in [6.07, 6.45) is 1.94. The number of piperidine rings is 1. The molecule has 1 aliphatic heterocycles. The predicted octanol–water partition coefficient (Wildman–Crippen LogP) is 3.81. The fourth-order valence-electron chi connectivity index (χ4n) is 5.58. The second-order valence-corrected chi connectivity index (χ2v) is 11.9. The number of amides is 4. The third-order valence-corrected chi connectivity index (χ3v) is 7.90. The average Bonchev–Trinajstić information content (AvgIpc) is 3.04. The van der Waals surface area contributed by atoms with Crippen molar-refractivity contribution in [2.75, 3.05) is 6.54 Å². The van der Waals surface area contributed by atoms with Crippen LogP contribution in [0.2, 0.25) is 0 Å². The minimum Gasteiger partial charge on any atom is -0.445 e. The van der Waals surface area contributed by atoms with Crippen molar-refractivity contribution in [2.24, 2.45) is 11.8 Å². The highest BCUT2D eigenvalue weighted by Gasteiger charge is 2.31. The van der Waals surface area contributed by atoms with Gasteiger partial charge in [-0.2, -0.15) is 0 Å². The van der Waals surface area contributed by atoms with Gasteiger partial charge < -0.3 is 30.8 Å². The van der Waals surface area contributed by atoms with E-state index in [9.17, 15) is 24.0 Å². The van der Waals surface area contributed by atoms with Crippen LogP contribution in [0.25, 0.3) is 10.8 Å². The molecule has 10 nitrogen and oxygen atoms in total. The monoisotopic (exact) mass is 614 g/mol. The maximum Gasteiger partial charge on any atom is 0.408 e. The second kappa shape index (κ2) is 16.4. The third-order valence-electron chi connectivity index (χ3n) is 7.90. The van der Waals surface area contributed by atoms with Crippen LogP contribution in [0.15, 0.2) is 72.8 Å². The number of alkyl carbamates (subject to hydrolysis) is 1. The van der Waals surface area contributed by atoms with E-state index in [1.165, 1.54) is 0 Å². The van der Waals surface area contributed by atoms with Crippen molar-refractivity contribution in [1.29, 1.82) is 0 Å². The molecule has 1 unspecified atom stereocenters. The molecule has 0 radical (unpaired) electrons. The van der Waals surface area contributed by atoms with Gasteiger partial charge in [0, 0.05) is 18.9 Å². The van der Waals surface area contributed by atoms with Gasteiger partial charge in [-0.1, -0.05) is 86.6 Å². The Balaban J connectivity index is 1.50. The first-order valence-corrected chi connectivity index (χ1v) is 15.5. The molecule has 45 heavy (non-hydrogen) atoms. The van der Waals surface area contributed by atoms with E-state index in [-0.39, 0.29) is 37.2 Å². The Bertz CT molecular complexity index is 1470. The van der Waals surface area contributed by atoms with E-state index < -0.39 is 36.0 Å². The molecule has 4 N–H and O–H groups in total. The van der Waals surface area contributed by atoms with Crippen LogP contribution in [-0.4, -0.2) is 54.8 Å². The number of carbonyl (C=O) groups is 5. The average molecular weight is 615 g/mol. The molecule has 4 rings (SSSR count). The van der Waals surface area contributed by atoms with Crippen LogP contribution < -0.4 is 21.3 Å². The van der Waals surface area contributed by atoms with Crippen molar-refractivity contribution in [1.82, 2.24) is 21.3 Å². The number of carbonyl (C=O) groups excluding carboxylic acids is 5. The summed E-state index contributed by atoms with van der Waals surface area (Å²) in [5.74, 6) is -1.56. The molecule has 10 heteroatoms. The van der Waals surface area contributed by atoms with Gasteiger partial charge in [-0.05, 0) is 53.5 Å². The van der Waals surface area contributed by atoms with Crippen LogP contribution in [0.4, 0.5) is 4.79 Å². The lowest BCUT2D eigenvalue weighted by Gasteiger charge is -2.27. The van der Waals surface area contributed by atoms with E-state index in [2.05, 4.69) is 21.3 Å². The molecule has 1 saturated heterocycles. The molecule has 1 heterocycles. The van der Waals surface area contributed by atoms with Crippen LogP contribution in [0.1, 0.15) is 50.7 Å². The van der Waals surface area contributed by atoms with Gasteiger partial charge >= 0.3 is 6.09 Å². The summed E-state index contributed by atoms with van der Waals surface area (Å²) in [7, 11) is 0. The molecular weight excluding hydrogens is 572 g/mol. The lowest BCUT2D eigenvalue weighted by atomic mass is 9.91. The molecule has 0 saturated carbocycles. The SMILES string of the molecule is CC(C)C[C@H](NC(=O)C(Cc1cccc2ccccc12)NC(=O)OCc1ccccc1)C(=O)N[C@H](C=O)C[C@@H]1CCCNC1=O. The molecule has 4 amide bonds. The van der Waals surface area contributed by atoms with Gasteiger partial charge in [0.05, 0.1) is 6.04 Å². The number of benzene rings is 3. The lowest BCUT2D eigenvalue weighted by molar-refractivity contribution is -0.132. The summed E-state index contributed by atoms with van der Waals surface area (Å²) in [5, 5.41) is 13.0. The Labute approximate surface area is 263 Å². The van der Waals surface area contributed by atoms with E-state index in [0.717, 1.165) is 28.3 Å². The molecule has 0 aromatic heterocycles. The van der Waals surface area contributed by atoms with Gasteiger partial charge in [-0.3, -0.25) is 14.4 Å². The molecule has 4 atom stereocenters. The molecule has 0 spiro atoms. The molecule has 0 bridgehead atoms. The fraction of sp³-hybridized carbons (Fsp3) is 0.400. The number of ether oxygens (including phenoxy) is 1. The van der Waals surface area contributed by atoms with Crippen molar-refractivity contribution >= 4 is 40.9 Å². The largest absolute Gasteiger partial charge is 0.445 e. The van der Waals surface area contributed by atoms with Gasteiger partial charge in [-0.15, -0.1) is 0 Å². The first-order chi connectivity index (χ1) is 21.7. The standard InChI is InChI=1S/C35H42N4O6/c1-23(2)18-30(33(42)37-28(21-40)19-27-15-9-17-36-32(27)41)38-34(43)31(39-35(44)45-22-24-10-4-3-5-11-24)20-26-14-8-13-25-12-6-7-16-29(25)26/h3-8,10-14,16,21,23,27-28,30-31H,9,15,17-20,22H2,1-2H3,(H,36,41)(H,37,42)(H,38,43)(H,39,44)/t27-,28-,30-,31?/m0/s1. The van der Waals surface area contributed by atoms with E-state index >= 15 is 0 Å². The normalized spacial score (nSPS) is 16.6. The van der Waals surface area contributed by atoms with Crippen molar-refractivity contribution in [3.05, 3.63) is 83.9 Å². The van der Waals surface area contributed by atoms with Gasteiger partial charge in [-0.25, -0.2) is 4.79 Å². The molecule has 1 fully saturated rings. The zero-order valence-electron chi connectivity index (χ0n) is 25.8. The number of hydrogen-bond donors (Lipinski definition) is 4. The van der Waals surface area contributed by atoms with E-state index in [1.54, 1.807) is 0 Å². The number of rotatable bonds is 14. The third kappa shape index (κ3) is 9.89. The fourth-order valence-corrected chi connectivity index (χ4v) is 5.58. The Kier molecular flexibility index (Phi) is 12.1. The number of nitrogens with one attached hydrogen (secondary N) is 4. The number of hydrogen-bond acceptors (Lipinski definition) is 6. The summed E-state index contributed by atoms with van der Waals surface area (Å²) < 4.78 is 5.42. The number of fused-ring (bicyclic) bond motifs is 1. The van der Waals surface area contributed by atoms with Crippen molar-refractivity contribution in [3.63, 3.8) is 0 Å². The van der Waals surface area contributed by atoms with Crippen LogP contribution >= 0.6 is 0 Å². The molecule has 3 aromatic rings. The summed E-state index contributed by atoms with van der Waals surface area (Å²) in [4.78, 5) is 64.3. The van der Waals surface area contributed by atoms with Gasteiger partial charge in [0.1, 0.15) is 25.0 Å². The summed E-state index contributed by atoms with van der Waals surface area (Å²) in [6, 6.07) is 19.8. The first kappa shape index (κ1) is 33.2. The molecule has 3 aromatic carbocycles. The van der Waals surface area contributed by atoms with Crippen LogP contribution in [-0.2, 0) is 36.9 Å². The molecule has 1 aliphatic rings. The maximum atomic E-state index is 13.8. The molecule has 238 valence electrons. The minimum absolute atomic E-state index is 0.0275. The Morgan fingerprint density at radius 3 is 2.36 bits per heavy atom. The molecular formula is C35H42N4O6. The Morgan fingerprint density at radius 2 is 1.62 bits per heavy atom. The summed E-state index contributed by atoms with van der Waals surface area (Å²) in [5.41, 5.74) is 1.64. The lowest BCUT2D eigenvalue weighted by Crippen LogP contribution is -2.56. The van der Waals surface area contributed by atoms with E-state index in [1.807, 2.05) is 86.6 Å². The van der Waals surface area contributed by atoms with Gasteiger partial charge in [0.2, 0.25) is 17.7 Å². The highest BCUT2D eigenvalue weighted by molar-refractivity contribution is 5.93. The van der Waals surface area contributed by atoms with E-state index in [4.69, 9.17) is 4.74 Å². The predicted molar refractivity (Wildman–Crippen MR) is 171 cm³/mol. The van der Waals surface area contributed by atoms with Crippen molar-refractivity contribution < 1.29 is 28.7 Å².